The van der Waals surface area contributed by atoms with Crippen LogP contribution in [-0.2, 0) is 14.3 Å². The molecule has 1 aromatic heterocycles. The van der Waals surface area contributed by atoms with Crippen molar-refractivity contribution in [3.05, 3.63) is 52.6 Å². The van der Waals surface area contributed by atoms with Gasteiger partial charge >= 0.3 is 5.97 Å². The van der Waals surface area contributed by atoms with Crippen molar-refractivity contribution in [2.24, 2.45) is 0 Å². The molecule has 0 atom stereocenters. The molecule has 0 saturated carbocycles. The average Bonchev–Trinajstić information content (AvgIpc) is 3.26. The fraction of sp³-hybridized carbons (Fsp3) is 0.250. The summed E-state index contributed by atoms with van der Waals surface area (Å²) in [6, 6.07) is 10.6. The minimum Gasteiger partial charge on any atom is -0.462 e. The fourth-order valence-corrected chi connectivity index (χ4v) is 3.86. The molecule has 28 heavy (non-hydrogen) atoms. The summed E-state index contributed by atoms with van der Waals surface area (Å²) in [5, 5.41) is 0. The topological polar surface area (TPSA) is 69.0 Å². The second-order valence-electron chi connectivity index (χ2n) is 5.83. The average molecular weight is 418 g/mol. The van der Waals surface area contributed by atoms with Crippen LogP contribution in [0.5, 0.6) is 0 Å². The first-order valence-corrected chi connectivity index (χ1v) is 9.87. The third kappa shape index (κ3) is 4.52. The Morgan fingerprint density at radius 2 is 2.00 bits per heavy atom. The van der Waals surface area contributed by atoms with Crippen LogP contribution in [0.3, 0.4) is 0 Å². The Hall–Kier alpha value is -2.42. The number of ether oxygens (including phenoxy) is 2. The minimum absolute atomic E-state index is 0.149. The first kappa shape index (κ1) is 20.3. The van der Waals surface area contributed by atoms with Crippen LogP contribution in [0.15, 0.2) is 45.7 Å². The molecule has 1 amide bonds. The summed E-state index contributed by atoms with van der Waals surface area (Å²) in [5.74, 6) is 0.682. The van der Waals surface area contributed by atoms with E-state index in [4.69, 9.17) is 26.1 Å². The number of thiocarbonyl (C=S) groups is 1. The highest BCUT2D eigenvalue weighted by molar-refractivity contribution is 8.26. The molecule has 6 nitrogen and oxygen atoms in total. The molecule has 1 aliphatic rings. The fourth-order valence-electron chi connectivity index (χ4n) is 2.58. The van der Waals surface area contributed by atoms with Crippen LogP contribution >= 0.6 is 24.0 Å². The van der Waals surface area contributed by atoms with Crippen molar-refractivity contribution < 1.29 is 23.5 Å². The third-order valence-corrected chi connectivity index (χ3v) is 5.35. The normalized spacial score (nSPS) is 15.5. The zero-order chi connectivity index (χ0) is 20.1. The molecule has 0 radical (unpaired) electrons. The SMILES string of the molecule is CCOC(=O)c1ccc(-c2ccc(/C=C3\SC(=S)N(CCOC)C3=O)o2)cc1. The van der Waals surface area contributed by atoms with E-state index in [1.807, 2.05) is 6.07 Å². The molecule has 1 fully saturated rings. The van der Waals surface area contributed by atoms with Crippen LogP contribution in [0.2, 0.25) is 0 Å². The Bertz CT molecular complexity index is 917. The third-order valence-electron chi connectivity index (χ3n) is 3.97. The van der Waals surface area contributed by atoms with Gasteiger partial charge in [0.25, 0.3) is 5.91 Å². The second-order valence-corrected chi connectivity index (χ2v) is 7.50. The van der Waals surface area contributed by atoms with E-state index in [1.54, 1.807) is 50.4 Å². The summed E-state index contributed by atoms with van der Waals surface area (Å²) in [6.07, 6.45) is 1.68. The number of carbonyl (C=O) groups is 2. The Morgan fingerprint density at radius 1 is 1.25 bits per heavy atom. The molecule has 0 N–H and O–H groups in total. The Kier molecular flexibility index (Phi) is 6.66. The number of furan rings is 1. The lowest BCUT2D eigenvalue weighted by Gasteiger charge is -2.12. The Labute approximate surface area is 172 Å². The summed E-state index contributed by atoms with van der Waals surface area (Å²) in [7, 11) is 1.58. The first-order chi connectivity index (χ1) is 13.5. The van der Waals surface area contributed by atoms with Gasteiger partial charge < -0.3 is 13.9 Å². The van der Waals surface area contributed by atoms with Crippen molar-refractivity contribution in [3.8, 4) is 11.3 Å². The van der Waals surface area contributed by atoms with Crippen molar-refractivity contribution in [3.63, 3.8) is 0 Å². The molecular weight excluding hydrogens is 398 g/mol. The van der Waals surface area contributed by atoms with E-state index in [9.17, 15) is 9.59 Å². The molecule has 0 bridgehead atoms. The van der Waals surface area contributed by atoms with Gasteiger partial charge in [0.2, 0.25) is 0 Å². The molecule has 8 heteroatoms. The van der Waals surface area contributed by atoms with Crippen molar-refractivity contribution in [1.29, 1.82) is 0 Å². The van der Waals surface area contributed by atoms with Gasteiger partial charge in [0, 0.05) is 18.7 Å². The molecule has 146 valence electrons. The van der Waals surface area contributed by atoms with E-state index in [-0.39, 0.29) is 11.9 Å². The number of hydrogen-bond donors (Lipinski definition) is 0. The highest BCUT2D eigenvalue weighted by atomic mass is 32.2. The van der Waals surface area contributed by atoms with E-state index in [0.29, 0.717) is 46.1 Å². The van der Waals surface area contributed by atoms with Gasteiger partial charge in [-0.1, -0.05) is 36.1 Å². The molecule has 3 rings (SSSR count). The van der Waals surface area contributed by atoms with E-state index in [2.05, 4.69) is 0 Å². The number of methoxy groups -OCH3 is 1. The highest BCUT2D eigenvalue weighted by Crippen LogP contribution is 2.33. The van der Waals surface area contributed by atoms with Gasteiger partial charge in [-0.05, 0) is 31.2 Å². The number of nitrogens with zero attached hydrogens (tertiary/aromatic N) is 1. The van der Waals surface area contributed by atoms with Gasteiger partial charge in [0.15, 0.2) is 0 Å². The molecule has 0 spiro atoms. The molecule has 2 heterocycles. The number of rotatable bonds is 7. The van der Waals surface area contributed by atoms with Crippen LogP contribution in [0.4, 0.5) is 0 Å². The molecule has 1 aromatic carbocycles. The van der Waals surface area contributed by atoms with E-state index in [0.717, 1.165) is 5.56 Å². The van der Waals surface area contributed by atoms with Crippen LogP contribution in [0, 0.1) is 0 Å². The molecule has 1 aliphatic heterocycles. The summed E-state index contributed by atoms with van der Waals surface area (Å²) >= 11 is 6.51. The molecule has 0 unspecified atom stereocenters. The summed E-state index contributed by atoms with van der Waals surface area (Å²) < 4.78 is 16.3. The maximum Gasteiger partial charge on any atom is 0.338 e. The van der Waals surface area contributed by atoms with Gasteiger partial charge in [0.1, 0.15) is 15.8 Å². The number of thioether (sulfide) groups is 1. The monoisotopic (exact) mass is 417 g/mol. The maximum atomic E-state index is 12.5. The Morgan fingerprint density at radius 3 is 2.68 bits per heavy atom. The van der Waals surface area contributed by atoms with Gasteiger partial charge in [-0.3, -0.25) is 9.69 Å². The predicted octanol–water partition coefficient (Wildman–Crippen LogP) is 3.97. The van der Waals surface area contributed by atoms with E-state index >= 15 is 0 Å². The molecule has 1 saturated heterocycles. The van der Waals surface area contributed by atoms with Crippen LogP contribution in [-0.4, -0.2) is 48.0 Å². The van der Waals surface area contributed by atoms with Crippen LogP contribution < -0.4 is 0 Å². The largest absolute Gasteiger partial charge is 0.462 e. The summed E-state index contributed by atoms with van der Waals surface area (Å²) in [6.45, 7) is 2.95. The van der Waals surface area contributed by atoms with E-state index in [1.165, 1.54) is 16.7 Å². The van der Waals surface area contributed by atoms with E-state index < -0.39 is 0 Å². The molecule has 0 aliphatic carbocycles. The quantitative estimate of drug-likeness (QED) is 0.383. The van der Waals surface area contributed by atoms with Gasteiger partial charge in [-0.25, -0.2) is 4.79 Å². The zero-order valence-corrected chi connectivity index (χ0v) is 17.1. The summed E-state index contributed by atoms with van der Waals surface area (Å²) in [5.41, 5.74) is 1.30. The van der Waals surface area contributed by atoms with Gasteiger partial charge in [-0.15, -0.1) is 0 Å². The molecule has 2 aromatic rings. The number of esters is 1. The lowest BCUT2D eigenvalue weighted by Crippen LogP contribution is -2.31. The van der Waals surface area contributed by atoms with Crippen molar-refractivity contribution in [1.82, 2.24) is 4.90 Å². The van der Waals surface area contributed by atoms with Crippen LogP contribution in [0.1, 0.15) is 23.0 Å². The lowest BCUT2D eigenvalue weighted by atomic mass is 10.1. The lowest BCUT2D eigenvalue weighted by molar-refractivity contribution is -0.122. The number of amides is 1. The van der Waals surface area contributed by atoms with Crippen LogP contribution in [0.25, 0.3) is 17.4 Å². The summed E-state index contributed by atoms with van der Waals surface area (Å²) in [4.78, 5) is 26.2. The predicted molar refractivity (Wildman–Crippen MR) is 112 cm³/mol. The smallest absolute Gasteiger partial charge is 0.338 e. The molecular formula is C20H19NO5S2. The first-order valence-electron chi connectivity index (χ1n) is 8.65. The van der Waals surface area contributed by atoms with Gasteiger partial charge in [0.05, 0.1) is 30.2 Å². The number of hydrogen-bond acceptors (Lipinski definition) is 7. The standard InChI is InChI=1S/C20H19NO5S2/c1-3-25-19(23)14-6-4-13(5-7-14)16-9-8-15(26-16)12-17-18(22)21(10-11-24-2)20(27)28-17/h4-9,12H,3,10-11H2,1-2H3/b17-12-. The van der Waals surface area contributed by atoms with Crippen molar-refractivity contribution >= 4 is 46.3 Å². The second kappa shape index (κ2) is 9.18. The number of carbonyl (C=O) groups excluding carboxylic acids is 2. The highest BCUT2D eigenvalue weighted by Gasteiger charge is 2.31. The minimum atomic E-state index is -0.357. The maximum absolute atomic E-state index is 12.5. The van der Waals surface area contributed by atoms with Gasteiger partial charge in [-0.2, -0.15) is 0 Å². The Balaban J connectivity index is 1.74. The van der Waals surface area contributed by atoms with Crippen molar-refractivity contribution in [2.75, 3.05) is 26.9 Å². The van der Waals surface area contributed by atoms with Crippen molar-refractivity contribution in [2.45, 2.75) is 6.92 Å². The zero-order valence-electron chi connectivity index (χ0n) is 15.5. The number of benzene rings is 1.